The van der Waals surface area contributed by atoms with E-state index in [-0.39, 0.29) is 22.8 Å². The summed E-state index contributed by atoms with van der Waals surface area (Å²) in [5, 5.41) is 2.75. The van der Waals surface area contributed by atoms with Crippen molar-refractivity contribution in [3.63, 3.8) is 0 Å². The van der Waals surface area contributed by atoms with Gasteiger partial charge in [-0.3, -0.25) is 4.79 Å². The van der Waals surface area contributed by atoms with Crippen molar-refractivity contribution in [2.24, 2.45) is 7.05 Å². The number of ether oxygens (including phenoxy) is 1. The van der Waals surface area contributed by atoms with Gasteiger partial charge in [-0.25, -0.2) is 4.98 Å². The lowest BCUT2D eigenvalue weighted by atomic mass is 10.3. The molecule has 0 saturated heterocycles. The number of thiophene rings is 1. The molecule has 0 saturated carbocycles. The van der Waals surface area contributed by atoms with Crippen LogP contribution in [0.4, 0.5) is 0 Å². The fourth-order valence-electron chi connectivity index (χ4n) is 2.05. The summed E-state index contributed by atoms with van der Waals surface area (Å²) in [7, 11) is 3.60. The van der Waals surface area contributed by atoms with Gasteiger partial charge in [-0.05, 0) is 23.6 Å². The molecule has 0 aliphatic rings. The van der Waals surface area contributed by atoms with Gasteiger partial charge in [-0.1, -0.05) is 17.8 Å². The maximum absolute atomic E-state index is 12.0. The molecule has 0 amide bonds. The van der Waals surface area contributed by atoms with Crippen LogP contribution in [-0.4, -0.2) is 28.2 Å². The third kappa shape index (κ3) is 3.37. The normalized spacial score (nSPS) is 10.5. The molecule has 2 aromatic heterocycles. The Bertz CT molecular complexity index is 784. The van der Waals surface area contributed by atoms with Crippen molar-refractivity contribution >= 4 is 56.9 Å². The van der Waals surface area contributed by atoms with Crippen LogP contribution in [0.3, 0.4) is 0 Å². The average molecular weight is 399 g/mol. The molecule has 0 atom stereocenters. The monoisotopic (exact) mass is 398 g/mol. The molecular weight excluding hydrogens is 384 g/mol. The molecule has 3 aromatic rings. The molecule has 0 fully saturated rings. The lowest BCUT2D eigenvalue weighted by molar-refractivity contribution is 0.102. The summed E-state index contributed by atoms with van der Waals surface area (Å²) in [5.74, 6) is 1.32. The quantitative estimate of drug-likeness (QED) is 0.477. The molecule has 0 aliphatic heterocycles. The van der Waals surface area contributed by atoms with Gasteiger partial charge in [0.2, 0.25) is 0 Å². The molecule has 3 rings (SSSR count). The van der Waals surface area contributed by atoms with Crippen LogP contribution in [0.5, 0.6) is 5.75 Å². The minimum atomic E-state index is 0. The Hall–Kier alpha value is -1.31. The molecule has 116 valence electrons. The molecule has 0 N–H and O–H groups in total. The van der Waals surface area contributed by atoms with Crippen LogP contribution in [0.1, 0.15) is 9.67 Å². The lowest BCUT2D eigenvalue weighted by Crippen LogP contribution is -2.01. The number of methoxy groups -OCH3 is 1. The number of nitrogens with zero attached hydrogens (tertiary/aromatic N) is 2. The predicted octanol–water partition coefficient (Wildman–Crippen LogP) is 4.20. The summed E-state index contributed by atoms with van der Waals surface area (Å²) in [6, 6.07) is 9.54. The van der Waals surface area contributed by atoms with E-state index in [1.807, 2.05) is 47.3 Å². The van der Waals surface area contributed by atoms with Crippen LogP contribution >= 0.6 is 40.1 Å². The highest BCUT2D eigenvalue weighted by Gasteiger charge is 2.12. The van der Waals surface area contributed by atoms with E-state index in [0.717, 1.165) is 26.8 Å². The zero-order valence-electron chi connectivity index (χ0n) is 12.1. The molecule has 2 heterocycles. The molecule has 0 unspecified atom stereocenters. The van der Waals surface area contributed by atoms with Crippen LogP contribution in [0.2, 0.25) is 0 Å². The van der Waals surface area contributed by atoms with Gasteiger partial charge in [0.15, 0.2) is 10.9 Å². The number of hydrogen-bond donors (Lipinski definition) is 0. The Morgan fingerprint density at radius 1 is 1.41 bits per heavy atom. The number of benzene rings is 1. The Morgan fingerprint density at radius 2 is 2.23 bits per heavy atom. The smallest absolute Gasteiger partial charge is 0.183 e. The van der Waals surface area contributed by atoms with Gasteiger partial charge >= 0.3 is 0 Å². The van der Waals surface area contributed by atoms with Gasteiger partial charge in [0.1, 0.15) is 5.75 Å². The Labute approximate surface area is 147 Å². The van der Waals surface area contributed by atoms with Crippen LogP contribution in [-0.2, 0) is 7.05 Å². The molecule has 0 spiro atoms. The van der Waals surface area contributed by atoms with Crippen molar-refractivity contribution in [1.82, 2.24) is 9.55 Å². The first kappa shape index (κ1) is 17.1. The number of hydrogen-bond acceptors (Lipinski definition) is 5. The summed E-state index contributed by atoms with van der Waals surface area (Å²) in [6.07, 6.45) is 0. The maximum Gasteiger partial charge on any atom is 0.183 e. The topological polar surface area (TPSA) is 44.1 Å². The first-order valence-electron chi connectivity index (χ1n) is 6.39. The Kier molecular flexibility index (Phi) is 5.66. The number of Topliss-reactive ketones (excluding diaryl/α,β-unsaturated/α-hetero) is 1. The van der Waals surface area contributed by atoms with Crippen molar-refractivity contribution < 1.29 is 9.53 Å². The number of aryl methyl sites for hydroxylation is 1. The third-order valence-corrected chi connectivity index (χ3v) is 5.12. The number of thioether (sulfide) groups is 1. The van der Waals surface area contributed by atoms with Crippen molar-refractivity contribution in [3.8, 4) is 5.75 Å². The average Bonchev–Trinajstić information content (AvgIpc) is 3.13. The highest BCUT2D eigenvalue weighted by atomic mass is 79.9. The molecule has 0 bridgehead atoms. The fourth-order valence-corrected chi connectivity index (χ4v) is 3.68. The van der Waals surface area contributed by atoms with Crippen LogP contribution in [0.15, 0.2) is 40.9 Å². The van der Waals surface area contributed by atoms with Crippen LogP contribution in [0, 0.1) is 0 Å². The molecule has 22 heavy (non-hydrogen) atoms. The number of aromatic nitrogens is 2. The van der Waals surface area contributed by atoms with E-state index in [9.17, 15) is 4.79 Å². The van der Waals surface area contributed by atoms with Gasteiger partial charge < -0.3 is 9.30 Å². The lowest BCUT2D eigenvalue weighted by Gasteiger charge is -2.01. The number of carbonyl (C=O) groups is 1. The number of halogens is 1. The predicted molar refractivity (Wildman–Crippen MR) is 97.0 cm³/mol. The zero-order chi connectivity index (χ0) is 14.8. The molecule has 0 aliphatic carbocycles. The van der Waals surface area contributed by atoms with Crippen molar-refractivity contribution in [1.29, 1.82) is 0 Å². The van der Waals surface area contributed by atoms with Crippen LogP contribution < -0.4 is 4.74 Å². The second-order valence-electron chi connectivity index (χ2n) is 4.50. The number of fused-ring (bicyclic) bond motifs is 1. The van der Waals surface area contributed by atoms with Crippen molar-refractivity contribution in [2.75, 3.05) is 12.9 Å². The van der Waals surface area contributed by atoms with Gasteiger partial charge in [-0.2, -0.15) is 0 Å². The van der Waals surface area contributed by atoms with E-state index in [1.165, 1.54) is 23.1 Å². The first-order valence-corrected chi connectivity index (χ1v) is 8.25. The maximum atomic E-state index is 12.0. The Balaban J connectivity index is 0.00000176. The first-order chi connectivity index (χ1) is 10.2. The molecule has 4 nitrogen and oxygen atoms in total. The zero-order valence-corrected chi connectivity index (χ0v) is 15.5. The minimum absolute atomic E-state index is 0. The summed E-state index contributed by atoms with van der Waals surface area (Å²) in [4.78, 5) is 17.4. The second-order valence-corrected chi connectivity index (χ2v) is 6.39. The SMILES string of the molecule is Br.COc1ccc2c(c1)nc(SCC(=O)c1cccs1)n2C. The standard InChI is InChI=1S/C15H14N2O2S2.BrH/c1-17-12-6-5-10(19-2)8-11(12)16-15(17)21-9-13(18)14-4-3-7-20-14;/h3-8H,9H2,1-2H3;1H. The highest BCUT2D eigenvalue weighted by Crippen LogP contribution is 2.26. The molecule has 0 radical (unpaired) electrons. The van der Waals surface area contributed by atoms with E-state index in [4.69, 9.17) is 4.74 Å². The largest absolute Gasteiger partial charge is 0.497 e. The third-order valence-electron chi connectivity index (χ3n) is 3.18. The van der Waals surface area contributed by atoms with Gasteiger partial charge in [0.25, 0.3) is 0 Å². The fraction of sp³-hybridized carbons (Fsp3) is 0.200. The number of rotatable bonds is 5. The van der Waals surface area contributed by atoms with E-state index >= 15 is 0 Å². The summed E-state index contributed by atoms with van der Waals surface area (Å²) in [5.41, 5.74) is 1.91. The van der Waals surface area contributed by atoms with Crippen molar-refractivity contribution in [2.45, 2.75) is 5.16 Å². The van der Waals surface area contributed by atoms with Crippen molar-refractivity contribution in [3.05, 3.63) is 40.6 Å². The van der Waals surface area contributed by atoms with Gasteiger partial charge in [-0.15, -0.1) is 28.3 Å². The summed E-state index contributed by atoms with van der Waals surface area (Å²) in [6.45, 7) is 0. The van der Waals surface area contributed by atoms with Gasteiger partial charge in [0.05, 0.1) is 28.8 Å². The van der Waals surface area contributed by atoms with Gasteiger partial charge in [0, 0.05) is 13.1 Å². The van der Waals surface area contributed by atoms with E-state index in [1.54, 1.807) is 7.11 Å². The molecular formula is C15H15BrN2O2S2. The van der Waals surface area contributed by atoms with E-state index in [2.05, 4.69) is 4.98 Å². The molecule has 1 aromatic carbocycles. The van der Waals surface area contributed by atoms with Crippen LogP contribution in [0.25, 0.3) is 11.0 Å². The number of carbonyl (C=O) groups excluding carboxylic acids is 1. The summed E-state index contributed by atoms with van der Waals surface area (Å²) >= 11 is 2.93. The highest BCUT2D eigenvalue weighted by molar-refractivity contribution is 8.93. The minimum Gasteiger partial charge on any atom is -0.497 e. The summed E-state index contributed by atoms with van der Waals surface area (Å²) < 4.78 is 7.21. The second kappa shape index (κ2) is 7.30. The number of ketones is 1. The van der Waals surface area contributed by atoms with E-state index < -0.39 is 0 Å². The number of imidazole rings is 1. The Morgan fingerprint density at radius 3 is 2.91 bits per heavy atom. The molecule has 7 heteroatoms. The van der Waals surface area contributed by atoms with E-state index in [0.29, 0.717) is 5.75 Å².